The van der Waals surface area contributed by atoms with Crippen molar-refractivity contribution in [2.75, 3.05) is 0 Å². The topological polar surface area (TPSA) is 451 Å². The molecule has 7 aromatic carbocycles. The molecule has 6 aliphatic heterocycles. The molecule has 0 saturated carbocycles. The molecular weight excluding hydrogens is 1270 g/mol. The van der Waals surface area contributed by atoms with Crippen LogP contribution in [0, 0.1) is 0 Å². The van der Waals surface area contributed by atoms with Gasteiger partial charge in [0.05, 0.1) is 15.1 Å². The van der Waals surface area contributed by atoms with Crippen LogP contribution < -0.4 is 56.0 Å². The first-order valence-corrected chi connectivity index (χ1v) is 28.8. The highest BCUT2D eigenvalue weighted by molar-refractivity contribution is 7.81. The number of halogens is 3. The quantitative estimate of drug-likeness (QED) is 0.102. The SMILES string of the molecule is N[C@@H]1C(=O)NC2Cc3ccc(c(Cl)c3)Oc3cc4cc(c3O)Oc3ccc(cc3Cl)[C@@H](O)[C@@H]3NC(=O)[C@H](NC(=O)C4NC(=O)C(NC2=O)c2cc(O)cc(c2)Oc2cc1ccc2OS(=O)(=O)O)c1cc(Cl)c(O)c(c1)-c1c(O)cc(O)cc1[C@@H](C(=O)O)NC3=O. The number of nitrogens with one attached hydrogen (secondary N) is 6. The normalized spacial score (nSPS) is 21.6. The summed E-state index contributed by atoms with van der Waals surface area (Å²) in [5.74, 6) is -17.0. The fraction of sp³-hybridized carbons (Fsp3) is 0.155. The molecule has 13 rings (SSSR count). The van der Waals surface area contributed by atoms with Gasteiger partial charge in [-0.25, -0.2) is 4.79 Å². The van der Waals surface area contributed by atoms with Crippen LogP contribution >= 0.6 is 34.8 Å². The van der Waals surface area contributed by atoms with Crippen molar-refractivity contribution in [3.63, 3.8) is 0 Å². The van der Waals surface area contributed by atoms with E-state index in [2.05, 4.69) is 31.9 Å². The maximum absolute atomic E-state index is 15.8. The van der Waals surface area contributed by atoms with Gasteiger partial charge in [-0.2, -0.15) is 8.42 Å². The minimum absolute atomic E-state index is 0.0722. The maximum atomic E-state index is 15.8. The number of aliphatic carboxylic acids is 1. The highest BCUT2D eigenvalue weighted by Crippen LogP contribution is 2.49. The molecule has 3 unspecified atom stereocenters. The van der Waals surface area contributed by atoms with Gasteiger partial charge in [-0.05, 0) is 112 Å². The summed E-state index contributed by atoms with van der Waals surface area (Å²) < 4.78 is 56.8. The van der Waals surface area contributed by atoms with E-state index in [4.69, 9.17) is 58.9 Å². The molecule has 0 aromatic heterocycles. The fourth-order valence-corrected chi connectivity index (χ4v) is 11.5. The number of phenols is 5. The third-order valence-electron chi connectivity index (χ3n) is 14.7. The van der Waals surface area contributed by atoms with Crippen molar-refractivity contribution in [3.8, 4) is 80.1 Å². The number of aliphatic hydroxyl groups is 1. The summed E-state index contributed by atoms with van der Waals surface area (Å²) in [5.41, 5.74) is 3.40. The van der Waals surface area contributed by atoms with Gasteiger partial charge in [-0.3, -0.25) is 33.3 Å². The first-order valence-electron chi connectivity index (χ1n) is 26.3. The van der Waals surface area contributed by atoms with Gasteiger partial charge in [0, 0.05) is 35.2 Å². The lowest BCUT2D eigenvalue weighted by Crippen LogP contribution is -2.55. The number of nitrogens with two attached hydrogens (primary N) is 1. The van der Waals surface area contributed by atoms with Gasteiger partial charge in [-0.15, -0.1) is 0 Å². The Morgan fingerprint density at radius 1 is 0.544 bits per heavy atom. The van der Waals surface area contributed by atoms with E-state index in [0.29, 0.717) is 0 Å². The number of carbonyl (C=O) groups excluding carboxylic acids is 6. The van der Waals surface area contributed by atoms with Crippen LogP contribution in [-0.2, 0) is 50.4 Å². The Morgan fingerprint density at radius 3 is 1.74 bits per heavy atom. The predicted octanol–water partition coefficient (Wildman–Crippen LogP) is 5.11. The monoisotopic (exact) mass is 1310 g/mol. The largest absolute Gasteiger partial charge is 0.508 e. The van der Waals surface area contributed by atoms with Gasteiger partial charge in [0.2, 0.25) is 41.2 Å². The number of hydrogen-bond donors (Lipinski definition) is 15. The second kappa shape index (κ2) is 23.7. The van der Waals surface area contributed by atoms with Gasteiger partial charge in [0.15, 0.2) is 29.0 Å². The molecule has 16 N–H and O–H groups in total. The minimum atomic E-state index is -5.27. The maximum Gasteiger partial charge on any atom is 0.446 e. The molecule has 6 amide bonds. The number of amides is 6. The smallest absolute Gasteiger partial charge is 0.446 e. The number of benzene rings is 7. The molecule has 0 aliphatic carbocycles. The number of carboxylic acids is 1. The molecule has 0 spiro atoms. The van der Waals surface area contributed by atoms with Crippen molar-refractivity contribution in [1.82, 2.24) is 31.9 Å². The number of carboxylic acid groups (broad SMARTS) is 1. The van der Waals surface area contributed by atoms with Crippen LogP contribution in [0.5, 0.6) is 69.0 Å². The molecule has 7 aromatic rings. The molecule has 464 valence electrons. The zero-order valence-electron chi connectivity index (χ0n) is 45.2. The average Bonchev–Trinajstić information content (AvgIpc) is 0.775. The highest BCUT2D eigenvalue weighted by atomic mass is 35.5. The zero-order chi connectivity index (χ0) is 64.5. The predicted molar refractivity (Wildman–Crippen MR) is 310 cm³/mol. The molecular formula is C58H44Cl3N7O21S. The van der Waals surface area contributed by atoms with Crippen LogP contribution in [0.1, 0.15) is 75.3 Å². The number of carbonyl (C=O) groups is 7. The molecule has 28 nitrogen and oxygen atoms in total. The first kappa shape index (κ1) is 61.4. The van der Waals surface area contributed by atoms with Gasteiger partial charge in [0.25, 0.3) is 0 Å². The summed E-state index contributed by atoms with van der Waals surface area (Å²) in [7, 11) is -5.27. The Balaban J connectivity index is 1.15. The third kappa shape index (κ3) is 12.2. The Hall–Kier alpha value is -10.3. The molecule has 90 heavy (non-hydrogen) atoms. The average molecular weight is 1310 g/mol. The van der Waals surface area contributed by atoms with E-state index in [-0.39, 0.29) is 43.8 Å². The standard InChI is InChI=1S/C58H44Cl3N7O21S/c59-31-7-20-1-4-36(31)87-40-15-25-16-41(51(40)74)88-37-5-3-22(12-32(37)60)49(72)48-57(80)67-47(58(81)82)29-18-27(70)19-35(71)42(29)30-11-24(13-33(61)50(30)73)45(56(79)68-48)65-55(78)46(25)66-54(77)44-23-9-26(69)17-28(10-23)86-39-14-21(2-6-38(39)89-90(83,84)85)43(62)53(76)63-34(8-20)52(75)64-44/h1-7,9-19,34,43-49,69-74H,8,62H2,(H,63,76)(H,64,75)(H,65,78)(H,66,77)(H,67,80)(H,68,79)(H,81,82)(H,83,84,85)/t34?,43-,44?,45+,46?,47-,48-,49+/m0/s1. The van der Waals surface area contributed by atoms with Crippen molar-refractivity contribution in [3.05, 3.63) is 163 Å². The summed E-state index contributed by atoms with van der Waals surface area (Å²) in [6, 6.07) is 4.56. The number of rotatable bonds is 3. The molecule has 6 heterocycles. The van der Waals surface area contributed by atoms with Crippen LogP contribution in [-0.4, -0.2) is 102 Å². The number of aromatic hydroxyl groups is 5. The zero-order valence-corrected chi connectivity index (χ0v) is 48.3. The van der Waals surface area contributed by atoms with E-state index in [1.54, 1.807) is 0 Å². The van der Waals surface area contributed by atoms with Crippen LogP contribution in [0.15, 0.2) is 109 Å². The van der Waals surface area contributed by atoms with E-state index in [1.807, 2.05) is 0 Å². The van der Waals surface area contributed by atoms with Crippen LogP contribution in [0.4, 0.5) is 0 Å². The summed E-state index contributed by atoms with van der Waals surface area (Å²) in [6.45, 7) is 0. The number of aliphatic hydroxyl groups excluding tert-OH is 1. The second-order valence-electron chi connectivity index (χ2n) is 20.7. The lowest BCUT2D eigenvalue weighted by molar-refractivity contribution is -0.143. The van der Waals surface area contributed by atoms with E-state index in [0.717, 1.165) is 91.0 Å². The lowest BCUT2D eigenvalue weighted by Gasteiger charge is -2.31. The number of ether oxygens (including phenoxy) is 3. The lowest BCUT2D eigenvalue weighted by atomic mass is 9.89. The summed E-state index contributed by atoms with van der Waals surface area (Å²) in [6.07, 6.45) is -2.62. The van der Waals surface area contributed by atoms with E-state index in [1.165, 1.54) is 18.2 Å². The van der Waals surface area contributed by atoms with Crippen molar-refractivity contribution >= 4 is 86.6 Å². The number of fused-ring (bicyclic) bond motifs is 14. The van der Waals surface area contributed by atoms with E-state index < -0.39 is 197 Å². The third-order valence-corrected chi connectivity index (χ3v) is 16.0. The summed E-state index contributed by atoms with van der Waals surface area (Å²) >= 11 is 20.3. The molecule has 8 atom stereocenters. The van der Waals surface area contributed by atoms with Crippen LogP contribution in [0.25, 0.3) is 11.1 Å². The Kier molecular flexibility index (Phi) is 16.2. The molecule has 32 heteroatoms. The highest BCUT2D eigenvalue weighted by Gasteiger charge is 2.42. The van der Waals surface area contributed by atoms with Crippen molar-refractivity contribution in [2.24, 2.45) is 5.73 Å². The van der Waals surface area contributed by atoms with E-state index in [9.17, 15) is 67.9 Å². The number of hydrogen-bond acceptors (Lipinski definition) is 20. The molecule has 17 bridgehead atoms. The second-order valence-corrected chi connectivity index (χ2v) is 23.0. The summed E-state index contributed by atoms with van der Waals surface area (Å²) in [4.78, 5) is 104. The first-order chi connectivity index (χ1) is 42.6. The Labute approximate surface area is 520 Å². The Morgan fingerprint density at radius 2 is 1.11 bits per heavy atom. The molecule has 6 aliphatic rings. The van der Waals surface area contributed by atoms with Crippen LogP contribution in [0.2, 0.25) is 15.1 Å². The molecule has 0 radical (unpaired) electrons. The van der Waals surface area contributed by atoms with Gasteiger partial charge in [0.1, 0.15) is 82.6 Å². The Bertz CT molecular complexity index is 4390. The minimum Gasteiger partial charge on any atom is -0.508 e. The van der Waals surface area contributed by atoms with Crippen molar-refractivity contribution in [2.45, 2.75) is 54.8 Å². The fourth-order valence-electron chi connectivity index (χ4n) is 10.4. The van der Waals surface area contributed by atoms with E-state index >= 15 is 14.4 Å². The number of phenolic OH excluding ortho intramolecular Hbond substituents is 5. The van der Waals surface area contributed by atoms with Crippen molar-refractivity contribution in [1.29, 1.82) is 0 Å². The van der Waals surface area contributed by atoms with Crippen LogP contribution in [0.3, 0.4) is 0 Å². The summed E-state index contributed by atoms with van der Waals surface area (Å²) in [5, 5.41) is 93.3. The van der Waals surface area contributed by atoms with Crippen molar-refractivity contribution < 1.29 is 101 Å². The van der Waals surface area contributed by atoms with Gasteiger partial charge >= 0.3 is 16.4 Å². The van der Waals surface area contributed by atoms with Gasteiger partial charge < -0.3 is 91.8 Å². The molecule has 0 fully saturated rings. The molecule has 0 saturated heterocycles. The van der Waals surface area contributed by atoms with Gasteiger partial charge in [-0.1, -0.05) is 53.0 Å².